The molecular weight excluding hydrogens is 466 g/mol. The number of carbonyl (C=O) groups excluding carboxylic acids is 1. The van der Waals surface area contributed by atoms with Gasteiger partial charge in [0.15, 0.2) is 11.5 Å². The molecule has 0 aromatic heterocycles. The van der Waals surface area contributed by atoms with Crippen LogP contribution in [-0.2, 0) is 16.7 Å². The Bertz CT molecular complexity index is 1390. The van der Waals surface area contributed by atoms with Crippen LogP contribution in [0.2, 0.25) is 0 Å². The van der Waals surface area contributed by atoms with Gasteiger partial charge >= 0.3 is 6.09 Å². The van der Waals surface area contributed by atoms with Crippen LogP contribution in [0.15, 0.2) is 72.8 Å². The van der Waals surface area contributed by atoms with Gasteiger partial charge in [0, 0.05) is 31.0 Å². The number of benzene rings is 3. The Hall–Kier alpha value is -3.77. The third-order valence-corrected chi connectivity index (χ3v) is 8.55. The number of hydrogen-bond donors (Lipinski definition) is 1. The van der Waals surface area contributed by atoms with Crippen LogP contribution in [0.3, 0.4) is 0 Å². The van der Waals surface area contributed by atoms with Crippen LogP contribution in [0.1, 0.15) is 41.0 Å². The standard InChI is InChI=1S/C31H29NO5/c1-35-26-11-10-19-17-32(15-14-31-13-12-20(33)16-27(31)37-29(26)28(19)31)30(34)36-18-25-23-8-4-2-6-21(23)22-7-3-5-9-24(22)25/h2-13,20,25,27,33H,14-18H2,1H3/t20-,27-,31-/m0/s1. The highest BCUT2D eigenvalue weighted by Gasteiger charge is 2.53. The van der Waals surface area contributed by atoms with E-state index in [1.54, 1.807) is 12.0 Å². The fourth-order valence-electron chi connectivity index (χ4n) is 6.78. The van der Waals surface area contributed by atoms with Crippen molar-refractivity contribution in [2.75, 3.05) is 20.3 Å². The molecule has 2 aliphatic carbocycles. The number of aliphatic hydroxyl groups is 1. The van der Waals surface area contributed by atoms with Gasteiger partial charge in [-0.15, -0.1) is 0 Å². The predicted octanol–water partition coefficient (Wildman–Crippen LogP) is 5.17. The Morgan fingerprint density at radius 2 is 1.81 bits per heavy atom. The predicted molar refractivity (Wildman–Crippen MR) is 139 cm³/mol. The fourth-order valence-corrected chi connectivity index (χ4v) is 6.78. The van der Waals surface area contributed by atoms with Crippen LogP contribution >= 0.6 is 0 Å². The van der Waals surface area contributed by atoms with Gasteiger partial charge in [0.05, 0.1) is 18.6 Å². The van der Waals surface area contributed by atoms with Gasteiger partial charge in [-0.3, -0.25) is 0 Å². The molecule has 188 valence electrons. The van der Waals surface area contributed by atoms with Gasteiger partial charge in [0.2, 0.25) is 0 Å². The summed E-state index contributed by atoms with van der Waals surface area (Å²) in [7, 11) is 1.64. The van der Waals surface area contributed by atoms with Gasteiger partial charge in [0.1, 0.15) is 12.7 Å². The Morgan fingerprint density at radius 1 is 1.08 bits per heavy atom. The first-order valence-corrected chi connectivity index (χ1v) is 12.9. The molecule has 0 fully saturated rings. The SMILES string of the molecule is COc1ccc2c3c1O[C@H]1C[C@@H](O)C=C[C@@]31CCN(C(=O)OCC1c3ccccc3-c3ccccc31)C2. The first-order valence-electron chi connectivity index (χ1n) is 12.9. The molecule has 1 spiro atoms. The van der Waals surface area contributed by atoms with E-state index in [9.17, 15) is 9.90 Å². The maximum Gasteiger partial charge on any atom is 0.410 e. The maximum atomic E-state index is 13.5. The van der Waals surface area contributed by atoms with E-state index in [0.717, 1.165) is 16.9 Å². The molecule has 1 N–H and O–H groups in total. The van der Waals surface area contributed by atoms with E-state index < -0.39 is 11.5 Å². The van der Waals surface area contributed by atoms with Crippen molar-refractivity contribution in [3.63, 3.8) is 0 Å². The average molecular weight is 496 g/mol. The molecule has 0 bridgehead atoms. The molecule has 7 rings (SSSR count). The van der Waals surface area contributed by atoms with Crippen LogP contribution in [-0.4, -0.2) is 48.6 Å². The quantitative estimate of drug-likeness (QED) is 0.508. The zero-order valence-corrected chi connectivity index (χ0v) is 20.7. The van der Waals surface area contributed by atoms with E-state index >= 15 is 0 Å². The highest BCUT2D eigenvalue weighted by atomic mass is 16.6. The van der Waals surface area contributed by atoms with Gasteiger partial charge in [-0.05, 0) is 40.3 Å². The summed E-state index contributed by atoms with van der Waals surface area (Å²) in [5.74, 6) is 1.44. The summed E-state index contributed by atoms with van der Waals surface area (Å²) in [4.78, 5) is 15.3. The zero-order valence-electron chi connectivity index (χ0n) is 20.7. The first kappa shape index (κ1) is 22.4. The second-order valence-corrected chi connectivity index (χ2v) is 10.4. The first-order chi connectivity index (χ1) is 18.1. The van der Waals surface area contributed by atoms with Crippen molar-refractivity contribution in [2.24, 2.45) is 0 Å². The summed E-state index contributed by atoms with van der Waals surface area (Å²) in [5.41, 5.74) is 6.55. The van der Waals surface area contributed by atoms with E-state index in [4.69, 9.17) is 14.2 Å². The number of nitrogens with zero attached hydrogens (tertiary/aromatic N) is 1. The lowest BCUT2D eigenvalue weighted by Gasteiger charge is -2.35. The van der Waals surface area contributed by atoms with Gasteiger partial charge in [0.25, 0.3) is 0 Å². The molecule has 0 saturated carbocycles. The van der Waals surface area contributed by atoms with Crippen molar-refractivity contribution in [3.8, 4) is 22.6 Å². The number of methoxy groups -OCH3 is 1. The highest BCUT2D eigenvalue weighted by Crippen LogP contribution is 2.55. The summed E-state index contributed by atoms with van der Waals surface area (Å²) in [5, 5.41) is 10.3. The zero-order chi connectivity index (χ0) is 25.1. The summed E-state index contributed by atoms with van der Waals surface area (Å²) in [6.45, 7) is 1.28. The van der Waals surface area contributed by atoms with E-state index in [2.05, 4.69) is 42.5 Å². The molecule has 4 aliphatic rings. The second-order valence-electron chi connectivity index (χ2n) is 10.4. The Balaban J connectivity index is 1.16. The summed E-state index contributed by atoms with van der Waals surface area (Å²) < 4.78 is 18.0. The molecule has 0 saturated heterocycles. The third-order valence-electron chi connectivity index (χ3n) is 8.55. The van der Waals surface area contributed by atoms with Crippen LogP contribution < -0.4 is 9.47 Å². The van der Waals surface area contributed by atoms with Crippen molar-refractivity contribution in [1.29, 1.82) is 0 Å². The van der Waals surface area contributed by atoms with Gasteiger partial charge < -0.3 is 24.2 Å². The topological polar surface area (TPSA) is 68.2 Å². The molecule has 0 unspecified atom stereocenters. The van der Waals surface area contributed by atoms with Gasteiger partial charge in [-0.1, -0.05) is 66.7 Å². The third kappa shape index (κ3) is 3.32. The maximum absolute atomic E-state index is 13.5. The monoisotopic (exact) mass is 495 g/mol. The molecule has 37 heavy (non-hydrogen) atoms. The summed E-state index contributed by atoms with van der Waals surface area (Å²) in [6, 6.07) is 20.7. The Labute approximate surface area is 216 Å². The number of amides is 1. The minimum absolute atomic E-state index is 0.0252. The lowest BCUT2D eigenvalue weighted by molar-refractivity contribution is 0.0740. The Kier molecular flexibility index (Phi) is 5.08. The molecule has 3 atom stereocenters. The number of fused-ring (bicyclic) bond motifs is 3. The minimum Gasteiger partial charge on any atom is -0.493 e. The normalized spacial score (nSPS) is 24.9. The fraction of sp³-hybridized carbons (Fsp3) is 0.323. The van der Waals surface area contributed by atoms with Crippen LogP contribution in [0, 0.1) is 0 Å². The second kappa shape index (κ2) is 8.38. The summed E-state index contributed by atoms with van der Waals surface area (Å²) in [6.07, 6.45) is 4.11. The largest absolute Gasteiger partial charge is 0.493 e. The van der Waals surface area contributed by atoms with Crippen molar-refractivity contribution < 1.29 is 24.1 Å². The molecule has 1 amide bonds. The lowest BCUT2D eigenvalue weighted by atomic mass is 9.69. The highest BCUT2D eigenvalue weighted by molar-refractivity contribution is 5.79. The molecule has 3 aromatic rings. The average Bonchev–Trinajstić information content (AvgIpc) is 3.36. The molecular formula is C31H29NO5. The molecule has 2 aliphatic heterocycles. The van der Waals surface area contributed by atoms with Crippen LogP contribution in [0.5, 0.6) is 11.5 Å². The van der Waals surface area contributed by atoms with E-state index in [1.165, 1.54) is 22.3 Å². The molecule has 0 radical (unpaired) electrons. The van der Waals surface area contributed by atoms with Crippen LogP contribution in [0.25, 0.3) is 11.1 Å². The summed E-state index contributed by atoms with van der Waals surface area (Å²) >= 11 is 0. The van der Waals surface area contributed by atoms with Crippen molar-refractivity contribution in [2.45, 2.75) is 42.9 Å². The number of ether oxygens (including phenoxy) is 3. The van der Waals surface area contributed by atoms with E-state index in [-0.39, 0.29) is 18.1 Å². The molecule has 6 nitrogen and oxygen atoms in total. The van der Waals surface area contributed by atoms with Crippen molar-refractivity contribution in [3.05, 3.63) is 95.1 Å². The van der Waals surface area contributed by atoms with E-state index in [0.29, 0.717) is 38.3 Å². The van der Waals surface area contributed by atoms with Crippen molar-refractivity contribution >= 4 is 6.09 Å². The molecule has 3 aromatic carbocycles. The number of hydrogen-bond acceptors (Lipinski definition) is 5. The number of carbonyl (C=O) groups is 1. The Morgan fingerprint density at radius 3 is 2.54 bits per heavy atom. The van der Waals surface area contributed by atoms with Gasteiger partial charge in [-0.2, -0.15) is 0 Å². The molecule has 2 heterocycles. The number of aliphatic hydroxyl groups excluding tert-OH is 1. The lowest BCUT2D eigenvalue weighted by Crippen LogP contribution is -2.43. The van der Waals surface area contributed by atoms with Crippen LogP contribution in [0.4, 0.5) is 4.79 Å². The van der Waals surface area contributed by atoms with E-state index in [1.807, 2.05) is 30.3 Å². The molecule has 6 heteroatoms. The number of rotatable bonds is 3. The van der Waals surface area contributed by atoms with Gasteiger partial charge in [-0.25, -0.2) is 4.79 Å². The smallest absolute Gasteiger partial charge is 0.410 e. The van der Waals surface area contributed by atoms with Crippen molar-refractivity contribution in [1.82, 2.24) is 4.90 Å². The minimum atomic E-state index is -0.541.